The van der Waals surface area contributed by atoms with E-state index in [0.717, 1.165) is 0 Å². The van der Waals surface area contributed by atoms with E-state index in [1.807, 2.05) is 18.2 Å². The molecule has 0 saturated heterocycles. The Labute approximate surface area is 179 Å². The first kappa shape index (κ1) is 25.8. The fraction of sp³-hybridized carbons (Fsp3) is 0.0952. The minimum absolute atomic E-state index is 0. The summed E-state index contributed by atoms with van der Waals surface area (Å²) in [6.07, 6.45) is 4.88. The number of aromatic hydroxyl groups is 1. The van der Waals surface area contributed by atoms with E-state index in [4.69, 9.17) is 0 Å². The van der Waals surface area contributed by atoms with Crippen LogP contribution >= 0.6 is 0 Å². The Morgan fingerprint density at radius 2 is 1.66 bits per heavy atom. The number of rotatable bonds is 5. The van der Waals surface area contributed by atoms with Crippen molar-refractivity contribution in [3.8, 4) is 11.5 Å². The van der Waals surface area contributed by atoms with Crippen molar-refractivity contribution in [2.75, 3.05) is 0 Å². The molecule has 0 unspecified atom stereocenters. The molecule has 155 valence electrons. The van der Waals surface area contributed by atoms with Gasteiger partial charge in [-0.25, -0.2) is 0 Å². The summed E-state index contributed by atoms with van der Waals surface area (Å²) in [5.74, 6) is -1.43. The van der Waals surface area contributed by atoms with Gasteiger partial charge < -0.3 is 25.6 Å². The third-order valence-electron chi connectivity index (χ3n) is 3.52. The molecule has 0 saturated carbocycles. The number of carboxylic acids is 1. The van der Waals surface area contributed by atoms with Crippen molar-refractivity contribution in [3.63, 3.8) is 0 Å². The number of carbonyl (C=O) groups is 1. The van der Waals surface area contributed by atoms with E-state index in [1.54, 1.807) is 42.7 Å². The van der Waals surface area contributed by atoms with Crippen LogP contribution in [0.3, 0.4) is 0 Å². The van der Waals surface area contributed by atoms with Gasteiger partial charge in [0.15, 0.2) is 0 Å². The van der Waals surface area contributed by atoms with Crippen LogP contribution in [0.4, 0.5) is 0 Å². The molecule has 29 heavy (non-hydrogen) atoms. The van der Waals surface area contributed by atoms with Gasteiger partial charge in [0.05, 0.1) is 12.0 Å². The van der Waals surface area contributed by atoms with Gasteiger partial charge in [0.2, 0.25) is 0 Å². The molecule has 3 aromatic rings. The van der Waals surface area contributed by atoms with Crippen molar-refractivity contribution in [1.82, 2.24) is 4.98 Å². The van der Waals surface area contributed by atoms with Crippen LogP contribution in [0.15, 0.2) is 84.1 Å². The van der Waals surface area contributed by atoms with Crippen LogP contribution < -0.4 is 10.2 Å². The van der Waals surface area contributed by atoms with Crippen LogP contribution in [0.1, 0.15) is 11.1 Å². The summed E-state index contributed by atoms with van der Waals surface area (Å²) in [6, 6.07) is 17.0. The monoisotopic (exact) mass is 443 g/mol. The van der Waals surface area contributed by atoms with Crippen molar-refractivity contribution in [2.24, 2.45) is 4.99 Å². The smallest absolute Gasteiger partial charge is 0.872 e. The second-order valence-electron chi connectivity index (χ2n) is 5.55. The van der Waals surface area contributed by atoms with Gasteiger partial charge in [-0.05, 0) is 35.4 Å². The molecule has 8 heteroatoms. The van der Waals surface area contributed by atoms with Gasteiger partial charge in [0.25, 0.3) is 0 Å². The number of carbonyl (C=O) groups excluding carboxylic acids is 1. The molecule has 2 aromatic carbocycles. The van der Waals surface area contributed by atoms with E-state index in [2.05, 4.69) is 9.98 Å². The molecule has 0 spiro atoms. The zero-order valence-electron chi connectivity index (χ0n) is 15.2. The Morgan fingerprint density at radius 3 is 2.14 bits per heavy atom. The first-order chi connectivity index (χ1) is 13.1. The Balaban J connectivity index is 0.000000843. The van der Waals surface area contributed by atoms with Gasteiger partial charge in [-0.1, -0.05) is 42.5 Å². The Bertz CT molecular complexity index is 847. The predicted molar refractivity (Wildman–Crippen MR) is 102 cm³/mol. The molecular weight excluding hydrogens is 424 g/mol. The number of hydrogen-bond donors (Lipinski definition) is 1. The quantitative estimate of drug-likeness (QED) is 0.451. The molecule has 1 aromatic heterocycles. The third-order valence-corrected chi connectivity index (χ3v) is 3.52. The van der Waals surface area contributed by atoms with Crippen molar-refractivity contribution in [1.29, 1.82) is 0 Å². The predicted octanol–water partition coefficient (Wildman–Crippen LogP) is 0.500. The molecular formula is C21H20CuN2O5. The Hall–Kier alpha value is -3.19. The molecule has 0 aliphatic carbocycles. The molecule has 0 fully saturated rings. The number of phenolic OH excluding ortho intramolecular Hbond substituents is 1. The van der Waals surface area contributed by atoms with E-state index in [0.29, 0.717) is 11.1 Å². The number of aliphatic imine (C=N–C) groups is 1. The number of pyridine rings is 1. The van der Waals surface area contributed by atoms with E-state index < -0.39 is 12.0 Å². The van der Waals surface area contributed by atoms with Crippen LogP contribution in [0.5, 0.6) is 11.5 Å². The van der Waals surface area contributed by atoms with Gasteiger partial charge in [0, 0.05) is 25.0 Å². The number of phenols is 1. The standard InChI is InChI=1S/C16H15NO4.C5H5N.Cu.H2O/c18-13-7-5-11(6-8-13)9-14(16(20)21)17-10-12-3-1-2-4-15(12)19;1-2-4-6-5-3-1;;/h1-8,10,14,18-19H,9H2,(H,20,21);1-5H;;1H2/q;;+2;/p-2/t14-;;;/m1.../s1. The van der Waals surface area contributed by atoms with Crippen molar-refractivity contribution in [2.45, 2.75) is 12.5 Å². The van der Waals surface area contributed by atoms with Crippen LogP contribution in [-0.2, 0) is 28.3 Å². The average molecular weight is 444 g/mol. The summed E-state index contributed by atoms with van der Waals surface area (Å²) in [4.78, 5) is 18.8. The van der Waals surface area contributed by atoms with E-state index in [1.165, 1.54) is 24.4 Å². The Kier molecular flexibility index (Phi) is 12.4. The minimum Gasteiger partial charge on any atom is -0.872 e. The van der Waals surface area contributed by atoms with E-state index >= 15 is 0 Å². The van der Waals surface area contributed by atoms with Crippen molar-refractivity contribution < 1.29 is 42.7 Å². The second-order valence-corrected chi connectivity index (χ2v) is 5.55. The van der Waals surface area contributed by atoms with Crippen molar-refractivity contribution >= 4 is 12.2 Å². The van der Waals surface area contributed by atoms with Gasteiger partial charge >= 0.3 is 17.1 Å². The van der Waals surface area contributed by atoms with Crippen molar-refractivity contribution in [3.05, 3.63) is 90.3 Å². The number of para-hydroxylation sites is 1. The topological polar surface area (TPSA) is 140 Å². The molecule has 1 heterocycles. The zero-order chi connectivity index (χ0) is 19.5. The maximum absolute atomic E-state index is 11.5. The van der Waals surface area contributed by atoms with Gasteiger partial charge in [-0.15, -0.1) is 5.75 Å². The maximum Gasteiger partial charge on any atom is 2.00 e. The van der Waals surface area contributed by atoms with Crippen LogP contribution in [0, 0.1) is 0 Å². The summed E-state index contributed by atoms with van der Waals surface area (Å²) in [7, 11) is 0. The first-order valence-corrected chi connectivity index (χ1v) is 8.19. The molecule has 0 aliphatic heterocycles. The molecule has 1 atom stereocenters. The summed E-state index contributed by atoms with van der Waals surface area (Å²) < 4.78 is 0. The summed E-state index contributed by atoms with van der Waals surface area (Å²) in [6.45, 7) is 0. The number of carboxylic acid groups (broad SMARTS) is 1. The molecule has 0 bridgehead atoms. The summed E-state index contributed by atoms with van der Waals surface area (Å²) in [5.41, 5.74) is 1.03. The Morgan fingerprint density at radius 1 is 1.03 bits per heavy atom. The van der Waals surface area contributed by atoms with Gasteiger partial charge in [-0.3, -0.25) is 9.98 Å². The number of aromatic nitrogens is 1. The molecule has 0 aliphatic rings. The van der Waals surface area contributed by atoms with E-state index in [9.17, 15) is 20.1 Å². The molecule has 1 radical (unpaired) electrons. The number of nitrogens with zero attached hydrogens (tertiary/aromatic N) is 2. The molecule has 0 amide bonds. The number of hydrogen-bond acceptors (Lipinski definition) is 6. The minimum atomic E-state index is -1.32. The normalized spacial score (nSPS) is 10.6. The summed E-state index contributed by atoms with van der Waals surface area (Å²) >= 11 is 0. The van der Waals surface area contributed by atoms with Crippen LogP contribution in [-0.4, -0.2) is 33.8 Å². The first-order valence-electron chi connectivity index (χ1n) is 8.19. The van der Waals surface area contributed by atoms with Gasteiger partial charge in [-0.2, -0.15) is 0 Å². The molecule has 7 nitrogen and oxygen atoms in total. The fourth-order valence-electron chi connectivity index (χ4n) is 2.12. The largest absolute Gasteiger partial charge is 2.00 e. The molecule has 3 rings (SSSR count). The van der Waals surface area contributed by atoms with Crippen LogP contribution in [0.25, 0.3) is 0 Å². The zero-order valence-corrected chi connectivity index (χ0v) is 16.2. The van der Waals surface area contributed by atoms with Crippen LogP contribution in [0.2, 0.25) is 0 Å². The second kappa shape index (κ2) is 13.9. The van der Waals surface area contributed by atoms with Gasteiger partial charge in [0.1, 0.15) is 5.75 Å². The summed E-state index contributed by atoms with van der Waals surface area (Å²) in [5, 5.41) is 31.8. The SMILES string of the molecule is O.O=C([O-])[C@@H](Cc1ccc(O)cc1)N=Cc1ccccc1[O-].[Cu+2].c1ccncc1. The fourth-order valence-corrected chi connectivity index (χ4v) is 2.12. The average Bonchev–Trinajstić information content (AvgIpc) is 2.69. The maximum atomic E-state index is 11.5. The third kappa shape index (κ3) is 9.53. The number of aliphatic carboxylic acids is 1. The molecule has 3 N–H and O–H groups in total. The number of benzene rings is 2. The van der Waals surface area contributed by atoms with E-state index in [-0.39, 0.29) is 40.5 Å².